The summed E-state index contributed by atoms with van der Waals surface area (Å²) < 4.78 is 0. The minimum absolute atomic E-state index is 0.129. The number of fused-ring (bicyclic) bond motifs is 1. The molecule has 0 saturated heterocycles. The van der Waals surface area contributed by atoms with Gasteiger partial charge in [0.15, 0.2) is 5.78 Å². The van der Waals surface area contributed by atoms with Gasteiger partial charge >= 0.3 is 0 Å². The quantitative estimate of drug-likeness (QED) is 0.786. The van der Waals surface area contributed by atoms with E-state index in [9.17, 15) is 4.79 Å². The number of Topliss-reactive ketones (excluding diaryl/α,β-unsaturated/α-hetero) is 1. The molecule has 2 aromatic carbocycles. The lowest BCUT2D eigenvalue weighted by Crippen LogP contribution is -2.21. The van der Waals surface area contributed by atoms with Crippen LogP contribution in [0.2, 0.25) is 0 Å². The first kappa shape index (κ1) is 15.5. The minimum Gasteiger partial charge on any atom is -0.350 e. The van der Waals surface area contributed by atoms with Gasteiger partial charge in [-0.1, -0.05) is 60.7 Å². The molecule has 0 saturated carbocycles. The molecule has 0 spiro atoms. The maximum Gasteiger partial charge on any atom is 0.223 e. The first-order valence-electron chi connectivity index (χ1n) is 8.51. The van der Waals surface area contributed by atoms with E-state index in [1.807, 2.05) is 36.4 Å². The summed E-state index contributed by atoms with van der Waals surface area (Å²) >= 11 is 0. The van der Waals surface area contributed by atoms with Crippen molar-refractivity contribution in [2.75, 3.05) is 5.32 Å². The molecule has 0 bridgehead atoms. The predicted molar refractivity (Wildman–Crippen MR) is 97.6 cm³/mol. The van der Waals surface area contributed by atoms with Gasteiger partial charge in [-0.3, -0.25) is 4.79 Å². The van der Waals surface area contributed by atoms with Crippen molar-refractivity contribution in [2.24, 2.45) is 0 Å². The first-order valence-corrected chi connectivity index (χ1v) is 8.51. The number of anilines is 1. The van der Waals surface area contributed by atoms with Gasteiger partial charge in [-0.2, -0.15) is 0 Å². The number of carbonyl (C=O) groups is 1. The second-order valence-corrected chi connectivity index (χ2v) is 6.33. The van der Waals surface area contributed by atoms with Gasteiger partial charge in [0, 0.05) is 19.2 Å². The van der Waals surface area contributed by atoms with Crippen LogP contribution in [-0.4, -0.2) is 15.8 Å². The molecule has 1 aromatic heterocycles. The van der Waals surface area contributed by atoms with Crippen LogP contribution >= 0.6 is 0 Å². The number of hydrogen-bond donors (Lipinski definition) is 1. The molecular weight excluding hydrogens is 310 g/mol. The Hall–Kier alpha value is -3.01. The summed E-state index contributed by atoms with van der Waals surface area (Å²) in [5, 5.41) is 3.25. The molecule has 3 aromatic rings. The van der Waals surface area contributed by atoms with Gasteiger partial charge in [-0.15, -0.1) is 0 Å². The Morgan fingerprint density at radius 1 is 0.960 bits per heavy atom. The Kier molecular flexibility index (Phi) is 4.25. The molecule has 1 aliphatic rings. The molecule has 25 heavy (non-hydrogen) atoms. The van der Waals surface area contributed by atoms with Crippen molar-refractivity contribution in [3.05, 3.63) is 89.2 Å². The normalized spacial score (nSPS) is 16.3. The standard InChI is InChI=1S/C21H19N3O/c25-20-12-17(16-9-5-2-6-10-16)11-19-18(20)14-23-21(24-19)22-13-15-7-3-1-4-8-15/h1-10,14,17H,11-13H2,(H,22,23,24)/t17-/m1/s1. The Bertz CT molecular complexity index is 878. The first-order chi connectivity index (χ1) is 12.3. The van der Waals surface area contributed by atoms with Crippen LogP contribution in [0.3, 0.4) is 0 Å². The Morgan fingerprint density at radius 2 is 1.68 bits per heavy atom. The maximum absolute atomic E-state index is 12.5. The highest BCUT2D eigenvalue weighted by Crippen LogP contribution is 2.31. The highest BCUT2D eigenvalue weighted by Gasteiger charge is 2.27. The monoisotopic (exact) mass is 329 g/mol. The zero-order chi connectivity index (χ0) is 17.1. The number of benzene rings is 2. The van der Waals surface area contributed by atoms with Gasteiger partial charge in [-0.25, -0.2) is 9.97 Å². The molecule has 0 unspecified atom stereocenters. The van der Waals surface area contributed by atoms with Crippen molar-refractivity contribution in [3.63, 3.8) is 0 Å². The van der Waals surface area contributed by atoms with E-state index in [0.29, 0.717) is 24.5 Å². The summed E-state index contributed by atoms with van der Waals surface area (Å²) in [5.74, 6) is 0.895. The number of nitrogens with one attached hydrogen (secondary N) is 1. The van der Waals surface area contributed by atoms with Gasteiger partial charge in [0.25, 0.3) is 0 Å². The molecule has 0 fully saturated rings. The molecule has 0 aliphatic heterocycles. The van der Waals surface area contributed by atoms with Crippen LogP contribution in [0.4, 0.5) is 5.95 Å². The van der Waals surface area contributed by atoms with E-state index in [2.05, 4.69) is 39.6 Å². The van der Waals surface area contributed by atoms with Gasteiger partial charge in [0.1, 0.15) is 0 Å². The van der Waals surface area contributed by atoms with E-state index >= 15 is 0 Å². The van der Waals surface area contributed by atoms with Crippen LogP contribution in [0.1, 0.15) is 39.5 Å². The molecule has 4 nitrogen and oxygen atoms in total. The summed E-state index contributed by atoms with van der Waals surface area (Å²) in [6.45, 7) is 0.662. The number of carbonyl (C=O) groups excluding carboxylic acids is 1. The lowest BCUT2D eigenvalue weighted by Gasteiger charge is -2.23. The summed E-state index contributed by atoms with van der Waals surface area (Å²) in [4.78, 5) is 21.4. The van der Waals surface area contributed by atoms with Gasteiger partial charge in [0.2, 0.25) is 5.95 Å². The summed E-state index contributed by atoms with van der Waals surface area (Å²) in [6, 6.07) is 20.3. The Morgan fingerprint density at radius 3 is 2.44 bits per heavy atom. The molecule has 124 valence electrons. The predicted octanol–water partition coefficient (Wildman–Crippen LogP) is 4.00. The molecule has 1 aliphatic carbocycles. The molecule has 4 rings (SSSR count). The van der Waals surface area contributed by atoms with E-state index in [1.54, 1.807) is 6.20 Å². The average molecular weight is 329 g/mol. The maximum atomic E-state index is 12.5. The third-order valence-electron chi connectivity index (χ3n) is 4.60. The minimum atomic E-state index is 0.129. The molecular formula is C21H19N3O. The van der Waals surface area contributed by atoms with Crippen molar-refractivity contribution in [2.45, 2.75) is 25.3 Å². The second-order valence-electron chi connectivity index (χ2n) is 6.33. The number of rotatable bonds is 4. The molecule has 0 radical (unpaired) electrons. The average Bonchev–Trinajstić information content (AvgIpc) is 2.67. The van der Waals surface area contributed by atoms with Crippen LogP contribution in [0.25, 0.3) is 0 Å². The summed E-state index contributed by atoms with van der Waals surface area (Å²) in [6.07, 6.45) is 2.96. The number of nitrogens with zero attached hydrogens (tertiary/aromatic N) is 2. The second kappa shape index (κ2) is 6.85. The fraction of sp³-hybridized carbons (Fsp3) is 0.190. The Balaban J connectivity index is 1.54. The van der Waals surface area contributed by atoms with Gasteiger partial charge in [0.05, 0.1) is 11.3 Å². The Labute approximate surface area is 147 Å². The van der Waals surface area contributed by atoms with Crippen molar-refractivity contribution < 1.29 is 4.79 Å². The summed E-state index contributed by atoms with van der Waals surface area (Å²) in [7, 11) is 0. The lowest BCUT2D eigenvalue weighted by atomic mass is 9.82. The number of aromatic nitrogens is 2. The third-order valence-corrected chi connectivity index (χ3v) is 4.60. The molecule has 1 N–H and O–H groups in total. The zero-order valence-electron chi connectivity index (χ0n) is 13.9. The molecule has 1 atom stereocenters. The molecule has 0 amide bonds. The van der Waals surface area contributed by atoms with Crippen molar-refractivity contribution >= 4 is 11.7 Å². The van der Waals surface area contributed by atoms with E-state index in [1.165, 1.54) is 11.1 Å². The number of hydrogen-bond acceptors (Lipinski definition) is 4. The lowest BCUT2D eigenvalue weighted by molar-refractivity contribution is 0.0962. The van der Waals surface area contributed by atoms with Crippen LogP contribution < -0.4 is 5.32 Å². The highest BCUT2D eigenvalue weighted by molar-refractivity contribution is 5.98. The largest absolute Gasteiger partial charge is 0.350 e. The number of ketones is 1. The zero-order valence-corrected chi connectivity index (χ0v) is 13.9. The van der Waals surface area contributed by atoms with Gasteiger partial charge in [-0.05, 0) is 23.5 Å². The van der Waals surface area contributed by atoms with Crippen LogP contribution in [0.5, 0.6) is 0 Å². The van der Waals surface area contributed by atoms with E-state index in [0.717, 1.165) is 12.1 Å². The van der Waals surface area contributed by atoms with E-state index in [-0.39, 0.29) is 11.7 Å². The third kappa shape index (κ3) is 3.43. The molecule has 4 heteroatoms. The molecule has 1 heterocycles. The van der Waals surface area contributed by atoms with Crippen LogP contribution in [-0.2, 0) is 13.0 Å². The van der Waals surface area contributed by atoms with Crippen LogP contribution in [0.15, 0.2) is 66.9 Å². The smallest absolute Gasteiger partial charge is 0.223 e. The van der Waals surface area contributed by atoms with Gasteiger partial charge < -0.3 is 5.32 Å². The van der Waals surface area contributed by atoms with E-state index < -0.39 is 0 Å². The highest BCUT2D eigenvalue weighted by atomic mass is 16.1. The van der Waals surface area contributed by atoms with Crippen molar-refractivity contribution in [1.82, 2.24) is 9.97 Å². The van der Waals surface area contributed by atoms with Crippen LogP contribution in [0, 0.1) is 0 Å². The SMILES string of the molecule is O=C1C[C@H](c2ccccc2)Cc2nc(NCc3ccccc3)ncc21. The summed E-state index contributed by atoms with van der Waals surface area (Å²) in [5.41, 5.74) is 3.87. The van der Waals surface area contributed by atoms with E-state index in [4.69, 9.17) is 0 Å². The fourth-order valence-corrected chi connectivity index (χ4v) is 3.27. The van der Waals surface area contributed by atoms with Crippen molar-refractivity contribution in [1.29, 1.82) is 0 Å². The fourth-order valence-electron chi connectivity index (χ4n) is 3.27. The van der Waals surface area contributed by atoms with Crippen molar-refractivity contribution in [3.8, 4) is 0 Å². The topological polar surface area (TPSA) is 54.9 Å².